The minimum atomic E-state index is -0.291. The molecule has 0 aliphatic rings. The summed E-state index contributed by atoms with van der Waals surface area (Å²) in [5.41, 5.74) is 0. The van der Waals surface area contributed by atoms with Gasteiger partial charge in [0.15, 0.2) is 5.82 Å². The summed E-state index contributed by atoms with van der Waals surface area (Å²) < 4.78 is 17.0. The third-order valence-corrected chi connectivity index (χ3v) is 1.34. The molecule has 1 nitrogen and oxygen atoms in total. The summed E-state index contributed by atoms with van der Waals surface area (Å²) in [6.45, 7) is 0. The van der Waals surface area contributed by atoms with Crippen molar-refractivity contribution in [2.45, 2.75) is 0 Å². The number of halogens is 2. The third-order valence-electron chi connectivity index (χ3n) is 0.571. The Labute approximate surface area is 53.7 Å². The Balaban J connectivity index is 3.12. The predicted octanol–water partition coefficient (Wildman–Crippen LogP) is 2.02. The van der Waals surface area contributed by atoms with Gasteiger partial charge in [-0.2, -0.15) is 0 Å². The van der Waals surface area contributed by atoms with Crippen LogP contribution in [0.5, 0.6) is 0 Å². The van der Waals surface area contributed by atoms with Gasteiger partial charge in [-0.1, -0.05) is 0 Å². The fourth-order valence-corrected chi connectivity index (χ4v) is 0.540. The lowest BCUT2D eigenvalue weighted by Crippen LogP contribution is -1.63. The van der Waals surface area contributed by atoms with Crippen molar-refractivity contribution in [2.24, 2.45) is 0 Å². The zero-order valence-corrected chi connectivity index (χ0v) is 5.48. The number of furan rings is 1. The second kappa shape index (κ2) is 1.81. The average Bonchev–Trinajstić information content (AvgIpc) is 1.91. The quantitative estimate of drug-likeness (QED) is 0.599. The SMILES string of the molecule is Fc1cocc1I. The van der Waals surface area contributed by atoms with E-state index in [4.69, 9.17) is 0 Å². The van der Waals surface area contributed by atoms with Crippen molar-refractivity contribution in [2.75, 3.05) is 0 Å². The second-order valence-corrected chi connectivity index (χ2v) is 2.23. The van der Waals surface area contributed by atoms with Crippen molar-refractivity contribution in [3.8, 4) is 0 Å². The van der Waals surface area contributed by atoms with E-state index in [9.17, 15) is 4.39 Å². The topological polar surface area (TPSA) is 13.1 Å². The zero-order valence-electron chi connectivity index (χ0n) is 3.32. The molecule has 1 rings (SSSR count). The molecule has 0 saturated heterocycles. The summed E-state index contributed by atoms with van der Waals surface area (Å²) in [7, 11) is 0. The smallest absolute Gasteiger partial charge is 0.174 e. The maximum atomic E-state index is 12.0. The van der Waals surface area contributed by atoms with E-state index in [-0.39, 0.29) is 5.82 Å². The lowest BCUT2D eigenvalue weighted by molar-refractivity contribution is 0.532. The molecule has 0 amide bonds. The maximum absolute atomic E-state index is 12.0. The summed E-state index contributed by atoms with van der Waals surface area (Å²) in [6, 6.07) is 0. The van der Waals surface area contributed by atoms with E-state index in [0.717, 1.165) is 6.26 Å². The first-order valence-corrected chi connectivity index (χ1v) is 2.76. The lowest BCUT2D eigenvalue weighted by Gasteiger charge is -1.69. The van der Waals surface area contributed by atoms with Crippen LogP contribution in [0.25, 0.3) is 0 Å². The van der Waals surface area contributed by atoms with E-state index in [1.807, 2.05) is 22.6 Å². The van der Waals surface area contributed by atoms with Crippen LogP contribution in [0.4, 0.5) is 4.39 Å². The molecule has 0 spiro atoms. The molecule has 38 valence electrons. The van der Waals surface area contributed by atoms with Gasteiger partial charge in [0, 0.05) is 0 Å². The molecule has 0 bridgehead atoms. The number of rotatable bonds is 0. The first kappa shape index (κ1) is 5.08. The highest BCUT2D eigenvalue weighted by Crippen LogP contribution is 2.09. The molecule has 0 N–H and O–H groups in total. The maximum Gasteiger partial charge on any atom is 0.174 e. The van der Waals surface area contributed by atoms with Gasteiger partial charge in [-0.15, -0.1) is 0 Å². The molecule has 3 heteroatoms. The van der Waals surface area contributed by atoms with E-state index in [0.29, 0.717) is 3.57 Å². The molecule has 1 heterocycles. The average molecular weight is 212 g/mol. The van der Waals surface area contributed by atoms with Crippen LogP contribution in [-0.4, -0.2) is 0 Å². The molecular formula is C4H2FIO. The summed E-state index contributed by atoms with van der Waals surface area (Å²) >= 11 is 1.85. The van der Waals surface area contributed by atoms with Gasteiger partial charge in [0.1, 0.15) is 12.5 Å². The monoisotopic (exact) mass is 212 g/mol. The molecule has 0 aromatic carbocycles. The highest BCUT2D eigenvalue weighted by atomic mass is 127. The van der Waals surface area contributed by atoms with Crippen LogP contribution in [0.1, 0.15) is 0 Å². The highest BCUT2D eigenvalue weighted by molar-refractivity contribution is 14.1. The minimum Gasteiger partial charge on any atom is -0.468 e. The molecule has 7 heavy (non-hydrogen) atoms. The molecule has 0 radical (unpaired) electrons. The Morgan fingerprint density at radius 1 is 1.57 bits per heavy atom. The van der Waals surface area contributed by atoms with Gasteiger partial charge in [-0.25, -0.2) is 4.39 Å². The molecule has 1 aromatic heterocycles. The normalized spacial score (nSPS) is 9.43. The van der Waals surface area contributed by atoms with E-state index in [1.54, 1.807) is 0 Å². The van der Waals surface area contributed by atoms with Gasteiger partial charge >= 0.3 is 0 Å². The Kier molecular flexibility index (Phi) is 1.32. The molecule has 0 fully saturated rings. The fraction of sp³-hybridized carbons (Fsp3) is 0. The van der Waals surface area contributed by atoms with Crippen molar-refractivity contribution in [1.82, 2.24) is 0 Å². The molecule has 1 aromatic rings. The first-order chi connectivity index (χ1) is 3.30. The number of hydrogen-bond donors (Lipinski definition) is 0. The van der Waals surface area contributed by atoms with E-state index < -0.39 is 0 Å². The van der Waals surface area contributed by atoms with Gasteiger partial charge in [0.25, 0.3) is 0 Å². The Hall–Kier alpha value is -0.0600. The predicted molar refractivity (Wildman–Crippen MR) is 31.4 cm³/mol. The van der Waals surface area contributed by atoms with Crippen LogP contribution in [0.15, 0.2) is 16.9 Å². The second-order valence-electron chi connectivity index (χ2n) is 1.07. The van der Waals surface area contributed by atoms with Crippen LogP contribution < -0.4 is 0 Å². The lowest BCUT2D eigenvalue weighted by atomic mass is 10.6. The summed E-state index contributed by atoms with van der Waals surface area (Å²) in [5, 5.41) is 0. The standard InChI is InChI=1S/C4H2FIO/c5-3-1-7-2-4(3)6/h1-2H. The van der Waals surface area contributed by atoms with E-state index in [2.05, 4.69) is 4.42 Å². The van der Waals surface area contributed by atoms with Gasteiger partial charge in [-0.05, 0) is 22.6 Å². The molecular weight excluding hydrogens is 210 g/mol. The van der Waals surface area contributed by atoms with E-state index in [1.165, 1.54) is 6.26 Å². The molecule has 0 atom stereocenters. The van der Waals surface area contributed by atoms with Crippen molar-refractivity contribution < 1.29 is 8.81 Å². The van der Waals surface area contributed by atoms with Crippen LogP contribution in [-0.2, 0) is 0 Å². The molecule has 0 saturated carbocycles. The summed E-state index contributed by atoms with van der Waals surface area (Å²) in [4.78, 5) is 0. The molecule has 0 aliphatic heterocycles. The van der Waals surface area contributed by atoms with Crippen LogP contribution in [0.2, 0.25) is 0 Å². The van der Waals surface area contributed by atoms with Gasteiger partial charge < -0.3 is 4.42 Å². The van der Waals surface area contributed by atoms with E-state index >= 15 is 0 Å². The largest absolute Gasteiger partial charge is 0.468 e. The van der Waals surface area contributed by atoms with Crippen molar-refractivity contribution in [1.29, 1.82) is 0 Å². The van der Waals surface area contributed by atoms with Crippen LogP contribution >= 0.6 is 22.6 Å². The first-order valence-electron chi connectivity index (χ1n) is 1.68. The van der Waals surface area contributed by atoms with Crippen molar-refractivity contribution >= 4 is 22.6 Å². The number of hydrogen-bond acceptors (Lipinski definition) is 1. The minimum absolute atomic E-state index is 0.291. The Bertz CT molecular complexity index is 144. The summed E-state index contributed by atoms with van der Waals surface area (Å²) in [5.74, 6) is -0.291. The van der Waals surface area contributed by atoms with Gasteiger partial charge in [-0.3, -0.25) is 0 Å². The van der Waals surface area contributed by atoms with Crippen LogP contribution in [0, 0.1) is 9.39 Å². The van der Waals surface area contributed by atoms with Crippen molar-refractivity contribution in [3.05, 3.63) is 21.9 Å². The van der Waals surface area contributed by atoms with Crippen LogP contribution in [0.3, 0.4) is 0 Å². The van der Waals surface area contributed by atoms with Crippen molar-refractivity contribution in [3.63, 3.8) is 0 Å². The highest BCUT2D eigenvalue weighted by Gasteiger charge is 1.95. The molecule has 0 aliphatic carbocycles. The van der Waals surface area contributed by atoms with Gasteiger partial charge in [0.2, 0.25) is 0 Å². The Morgan fingerprint density at radius 2 is 2.29 bits per heavy atom. The Morgan fingerprint density at radius 3 is 2.43 bits per heavy atom. The van der Waals surface area contributed by atoms with Gasteiger partial charge in [0.05, 0.1) is 3.57 Å². The summed E-state index contributed by atoms with van der Waals surface area (Å²) in [6.07, 6.45) is 2.43. The molecule has 0 unspecified atom stereocenters. The zero-order chi connectivity index (χ0) is 5.28. The fourth-order valence-electron chi connectivity index (χ4n) is 0.266. The third kappa shape index (κ3) is 0.933.